The maximum atomic E-state index is 12.7. The van der Waals surface area contributed by atoms with Crippen molar-refractivity contribution >= 4 is 5.65 Å². The van der Waals surface area contributed by atoms with Gasteiger partial charge in [0.25, 0.3) is 0 Å². The van der Waals surface area contributed by atoms with Crippen molar-refractivity contribution in [3.8, 4) is 5.69 Å². The summed E-state index contributed by atoms with van der Waals surface area (Å²) in [5.74, 6) is 0.704. The molecule has 1 N–H and O–H groups in total. The van der Waals surface area contributed by atoms with Crippen LogP contribution < -0.4 is 11.0 Å². The van der Waals surface area contributed by atoms with Crippen molar-refractivity contribution in [3.63, 3.8) is 0 Å². The van der Waals surface area contributed by atoms with Crippen LogP contribution in [0.2, 0.25) is 0 Å². The van der Waals surface area contributed by atoms with E-state index in [1.54, 1.807) is 15.2 Å². The van der Waals surface area contributed by atoms with Crippen LogP contribution in [0.25, 0.3) is 11.3 Å². The van der Waals surface area contributed by atoms with E-state index in [4.69, 9.17) is 0 Å². The molecule has 102 valence electrons. The number of benzene rings is 1. The van der Waals surface area contributed by atoms with E-state index in [9.17, 15) is 4.79 Å². The van der Waals surface area contributed by atoms with Gasteiger partial charge < -0.3 is 5.32 Å². The molecule has 0 bridgehead atoms. The molecular weight excluding hydrogens is 252 g/mol. The van der Waals surface area contributed by atoms with Crippen LogP contribution in [0.3, 0.4) is 0 Å². The number of aromatic nitrogens is 3. The maximum absolute atomic E-state index is 12.7. The van der Waals surface area contributed by atoms with Crippen LogP contribution in [0.4, 0.5) is 0 Å². The predicted octanol–water partition coefficient (Wildman–Crippen LogP) is 1.77. The summed E-state index contributed by atoms with van der Waals surface area (Å²) in [5.41, 5.74) is 1.38. The number of fused-ring (bicyclic) bond motifs is 1. The highest BCUT2D eigenvalue weighted by Crippen LogP contribution is 2.14. The third kappa shape index (κ3) is 1.92. The second kappa shape index (κ2) is 4.94. The van der Waals surface area contributed by atoms with E-state index in [1.165, 1.54) is 0 Å². The second-order valence-electron chi connectivity index (χ2n) is 4.67. The summed E-state index contributed by atoms with van der Waals surface area (Å²) in [6, 6.07) is 13.2. The van der Waals surface area contributed by atoms with Gasteiger partial charge in [-0.3, -0.25) is 4.40 Å². The standard InChI is InChI=1S/C15H16N4O/c1-11(16-2)14-17-13-9-6-10-18(13)15(20)19(14)12-7-4-3-5-8-12/h3-11,16H,1-2H3. The van der Waals surface area contributed by atoms with Crippen molar-refractivity contribution < 1.29 is 0 Å². The van der Waals surface area contributed by atoms with Crippen LogP contribution >= 0.6 is 0 Å². The molecule has 5 heteroatoms. The number of hydrogen-bond donors (Lipinski definition) is 1. The van der Waals surface area contributed by atoms with E-state index in [-0.39, 0.29) is 11.7 Å². The van der Waals surface area contributed by atoms with Gasteiger partial charge in [0.05, 0.1) is 11.7 Å². The molecule has 5 nitrogen and oxygen atoms in total. The third-order valence-corrected chi connectivity index (χ3v) is 3.42. The Morgan fingerprint density at radius 3 is 2.60 bits per heavy atom. The highest BCUT2D eigenvalue weighted by molar-refractivity contribution is 5.41. The fraction of sp³-hybridized carbons (Fsp3) is 0.200. The predicted molar refractivity (Wildman–Crippen MR) is 78.3 cm³/mol. The van der Waals surface area contributed by atoms with Crippen molar-refractivity contribution in [1.82, 2.24) is 19.3 Å². The van der Waals surface area contributed by atoms with Gasteiger partial charge in [-0.15, -0.1) is 0 Å². The molecule has 0 saturated heterocycles. The molecule has 0 aliphatic rings. The molecule has 0 aliphatic heterocycles. The van der Waals surface area contributed by atoms with Crippen molar-refractivity contribution in [2.45, 2.75) is 13.0 Å². The van der Waals surface area contributed by atoms with Gasteiger partial charge in [-0.1, -0.05) is 18.2 Å². The summed E-state index contributed by atoms with van der Waals surface area (Å²) < 4.78 is 3.20. The smallest absolute Gasteiger partial charge is 0.311 e. The molecule has 1 aromatic carbocycles. The molecule has 2 heterocycles. The van der Waals surface area contributed by atoms with Crippen LogP contribution in [-0.4, -0.2) is 21.0 Å². The van der Waals surface area contributed by atoms with Crippen LogP contribution in [0.1, 0.15) is 18.8 Å². The van der Waals surface area contributed by atoms with Gasteiger partial charge in [0, 0.05) is 6.20 Å². The van der Waals surface area contributed by atoms with Gasteiger partial charge in [-0.05, 0) is 38.2 Å². The molecule has 2 aromatic heterocycles. The number of nitrogens with one attached hydrogen (secondary N) is 1. The van der Waals surface area contributed by atoms with Crippen molar-refractivity contribution in [3.05, 3.63) is 65.0 Å². The molecule has 3 rings (SSSR count). The molecule has 0 saturated carbocycles. The lowest BCUT2D eigenvalue weighted by Gasteiger charge is -2.17. The highest BCUT2D eigenvalue weighted by Gasteiger charge is 2.16. The summed E-state index contributed by atoms with van der Waals surface area (Å²) in [4.78, 5) is 17.3. The fourth-order valence-electron chi connectivity index (χ4n) is 2.24. The summed E-state index contributed by atoms with van der Waals surface area (Å²) in [7, 11) is 1.86. The average Bonchev–Trinajstić information content (AvgIpc) is 2.96. The highest BCUT2D eigenvalue weighted by atomic mass is 16.1. The van der Waals surface area contributed by atoms with Gasteiger partial charge in [-0.25, -0.2) is 14.3 Å². The maximum Gasteiger partial charge on any atom is 0.339 e. The van der Waals surface area contributed by atoms with E-state index in [0.29, 0.717) is 11.5 Å². The zero-order chi connectivity index (χ0) is 14.1. The van der Waals surface area contributed by atoms with E-state index in [0.717, 1.165) is 5.69 Å². The molecule has 0 fully saturated rings. The third-order valence-electron chi connectivity index (χ3n) is 3.42. The first kappa shape index (κ1) is 12.6. The Morgan fingerprint density at radius 2 is 1.90 bits per heavy atom. The minimum absolute atomic E-state index is 0.0252. The zero-order valence-corrected chi connectivity index (χ0v) is 11.4. The molecule has 20 heavy (non-hydrogen) atoms. The molecular formula is C15H16N4O. The molecule has 3 aromatic rings. The Balaban J connectivity index is 2.38. The van der Waals surface area contributed by atoms with Crippen LogP contribution in [0, 0.1) is 0 Å². The Morgan fingerprint density at radius 1 is 1.15 bits per heavy atom. The first-order valence-corrected chi connectivity index (χ1v) is 6.55. The average molecular weight is 268 g/mol. The lowest BCUT2D eigenvalue weighted by atomic mass is 10.2. The molecule has 0 radical (unpaired) electrons. The van der Waals surface area contributed by atoms with Crippen LogP contribution in [0.15, 0.2) is 53.5 Å². The number of nitrogens with zero attached hydrogens (tertiary/aromatic N) is 3. The number of rotatable bonds is 3. The molecule has 1 unspecified atom stereocenters. The number of hydrogen-bond acceptors (Lipinski definition) is 3. The normalized spacial score (nSPS) is 12.7. The summed E-state index contributed by atoms with van der Waals surface area (Å²) in [6.07, 6.45) is 1.73. The van der Waals surface area contributed by atoms with Crippen molar-refractivity contribution in [2.75, 3.05) is 7.05 Å². The number of para-hydroxylation sites is 1. The molecule has 0 amide bonds. The van der Waals surface area contributed by atoms with Gasteiger partial charge in [0.1, 0.15) is 11.5 Å². The Labute approximate surface area is 116 Å². The minimum atomic E-state index is -0.108. The SMILES string of the molecule is CNC(C)c1nc2cccn2c(=O)n1-c1ccccc1. The fourth-order valence-corrected chi connectivity index (χ4v) is 2.24. The summed E-state index contributed by atoms with van der Waals surface area (Å²) in [5, 5.41) is 3.14. The lowest BCUT2D eigenvalue weighted by Crippen LogP contribution is -2.32. The zero-order valence-electron chi connectivity index (χ0n) is 11.4. The van der Waals surface area contributed by atoms with E-state index in [2.05, 4.69) is 10.3 Å². The van der Waals surface area contributed by atoms with Gasteiger partial charge in [-0.2, -0.15) is 0 Å². The first-order valence-electron chi connectivity index (χ1n) is 6.55. The quantitative estimate of drug-likeness (QED) is 0.787. The van der Waals surface area contributed by atoms with Crippen molar-refractivity contribution in [2.24, 2.45) is 0 Å². The van der Waals surface area contributed by atoms with Gasteiger partial charge >= 0.3 is 5.69 Å². The monoisotopic (exact) mass is 268 g/mol. The first-order chi connectivity index (χ1) is 9.72. The Kier molecular flexibility index (Phi) is 3.12. The summed E-state index contributed by atoms with van der Waals surface area (Å²) in [6.45, 7) is 1.99. The molecule has 0 spiro atoms. The van der Waals surface area contributed by atoms with E-state index >= 15 is 0 Å². The van der Waals surface area contributed by atoms with E-state index in [1.807, 2.05) is 56.4 Å². The Bertz CT molecular complexity index is 788. The van der Waals surface area contributed by atoms with E-state index < -0.39 is 0 Å². The van der Waals surface area contributed by atoms with Crippen LogP contribution in [-0.2, 0) is 0 Å². The van der Waals surface area contributed by atoms with Crippen molar-refractivity contribution in [1.29, 1.82) is 0 Å². The largest absolute Gasteiger partial charge is 0.339 e. The minimum Gasteiger partial charge on any atom is -0.311 e. The van der Waals surface area contributed by atoms with Gasteiger partial charge in [0.15, 0.2) is 0 Å². The Hall–Kier alpha value is -2.40. The lowest BCUT2D eigenvalue weighted by molar-refractivity contribution is 0.578. The molecule has 1 atom stereocenters. The van der Waals surface area contributed by atoms with Crippen LogP contribution in [0.5, 0.6) is 0 Å². The second-order valence-corrected chi connectivity index (χ2v) is 4.67. The molecule has 0 aliphatic carbocycles. The van der Waals surface area contributed by atoms with Gasteiger partial charge in [0.2, 0.25) is 0 Å². The summed E-state index contributed by atoms with van der Waals surface area (Å²) >= 11 is 0. The topological polar surface area (TPSA) is 51.3 Å².